The van der Waals surface area contributed by atoms with Gasteiger partial charge in [0, 0.05) is 25.2 Å². The number of hydrogen-bond acceptors (Lipinski definition) is 2. The molecule has 2 unspecified atom stereocenters. The Morgan fingerprint density at radius 3 is 2.44 bits per heavy atom. The third-order valence-corrected chi connectivity index (χ3v) is 4.27. The molecule has 2 nitrogen and oxygen atoms in total. The third-order valence-electron chi connectivity index (χ3n) is 4.27. The molecule has 0 aromatic heterocycles. The van der Waals surface area contributed by atoms with Crippen LogP contribution in [0.1, 0.15) is 33.1 Å². The van der Waals surface area contributed by atoms with Crippen LogP contribution < -0.4 is 5.32 Å². The van der Waals surface area contributed by atoms with E-state index >= 15 is 0 Å². The highest BCUT2D eigenvalue weighted by molar-refractivity contribution is 4.98. The lowest BCUT2D eigenvalue weighted by Gasteiger charge is -2.49. The number of nitrogens with one attached hydrogen (secondary N) is 1. The molecule has 2 bridgehead atoms. The monoisotopic (exact) mass is 220 g/mol. The van der Waals surface area contributed by atoms with Crippen molar-refractivity contribution in [3.63, 3.8) is 0 Å². The summed E-state index contributed by atoms with van der Waals surface area (Å²) in [6, 6.07) is 1.37. The number of hydrogen-bond donors (Lipinski definition) is 1. The number of rotatable bonds is 3. The molecule has 1 N–H and O–H groups in total. The van der Waals surface area contributed by atoms with Gasteiger partial charge in [0.2, 0.25) is 0 Å². The van der Waals surface area contributed by atoms with E-state index in [-0.39, 0.29) is 0 Å². The maximum absolute atomic E-state index is 5.35. The van der Waals surface area contributed by atoms with Gasteiger partial charge in [0.25, 0.3) is 0 Å². The van der Waals surface area contributed by atoms with Crippen LogP contribution in [-0.2, 0) is 0 Å². The third kappa shape index (κ3) is 2.42. The number of fused-ring (bicyclic) bond motifs is 2. The molecule has 2 aliphatic rings. The first-order valence-corrected chi connectivity index (χ1v) is 6.63. The molecular weight excluding hydrogens is 196 g/mol. The standard InChI is InChI=1S/C14H24N2/c1-4-8-15-14-12-6-5-7-13(14)10-16(9-12)11(2)3/h1,11-15H,5-10H2,2-3H3. The van der Waals surface area contributed by atoms with Crippen LogP contribution in [0.15, 0.2) is 0 Å². The molecule has 0 spiro atoms. The molecule has 1 saturated heterocycles. The molecular formula is C14H24N2. The van der Waals surface area contributed by atoms with Gasteiger partial charge < -0.3 is 10.2 Å². The Kier molecular flexibility index (Phi) is 3.89. The lowest BCUT2D eigenvalue weighted by Crippen LogP contribution is -2.58. The Morgan fingerprint density at radius 1 is 1.31 bits per heavy atom. The van der Waals surface area contributed by atoms with E-state index in [1.165, 1.54) is 32.4 Å². The Hall–Kier alpha value is -0.520. The number of nitrogens with zero attached hydrogens (tertiary/aromatic N) is 1. The summed E-state index contributed by atoms with van der Waals surface area (Å²) in [5.74, 6) is 4.36. The van der Waals surface area contributed by atoms with Gasteiger partial charge in [0.15, 0.2) is 0 Å². The van der Waals surface area contributed by atoms with Crippen molar-refractivity contribution in [3.05, 3.63) is 0 Å². The Labute approximate surface area is 99.8 Å². The van der Waals surface area contributed by atoms with Crippen molar-refractivity contribution in [3.8, 4) is 12.3 Å². The average Bonchev–Trinajstić information content (AvgIpc) is 2.24. The molecule has 2 rings (SSSR count). The second kappa shape index (κ2) is 5.21. The van der Waals surface area contributed by atoms with Gasteiger partial charge in [-0.15, -0.1) is 6.42 Å². The molecule has 2 fully saturated rings. The van der Waals surface area contributed by atoms with Gasteiger partial charge in [-0.05, 0) is 38.5 Å². The summed E-state index contributed by atoms with van der Waals surface area (Å²) in [4.78, 5) is 2.64. The minimum atomic E-state index is 0.680. The highest BCUT2D eigenvalue weighted by Crippen LogP contribution is 2.35. The van der Waals surface area contributed by atoms with Gasteiger partial charge in [0.05, 0.1) is 6.54 Å². The second-order valence-corrected chi connectivity index (χ2v) is 5.61. The smallest absolute Gasteiger partial charge is 0.0576 e. The zero-order valence-corrected chi connectivity index (χ0v) is 10.6. The number of terminal acetylenes is 1. The minimum Gasteiger partial charge on any atom is -0.303 e. The first-order chi connectivity index (χ1) is 7.72. The zero-order chi connectivity index (χ0) is 11.5. The van der Waals surface area contributed by atoms with Crippen LogP contribution in [-0.4, -0.2) is 36.6 Å². The van der Waals surface area contributed by atoms with E-state index in [4.69, 9.17) is 6.42 Å². The van der Waals surface area contributed by atoms with E-state index in [1.807, 2.05) is 0 Å². The predicted molar refractivity (Wildman–Crippen MR) is 68.2 cm³/mol. The number of likely N-dealkylation sites (tertiary alicyclic amines) is 1. The van der Waals surface area contributed by atoms with Gasteiger partial charge in [0.1, 0.15) is 0 Å². The summed E-state index contributed by atoms with van der Waals surface area (Å²) in [6.07, 6.45) is 9.51. The number of piperidine rings is 1. The quantitative estimate of drug-likeness (QED) is 0.729. The normalized spacial score (nSPS) is 35.0. The van der Waals surface area contributed by atoms with Crippen LogP contribution in [0.5, 0.6) is 0 Å². The molecule has 1 aliphatic carbocycles. The van der Waals surface area contributed by atoms with Crippen LogP contribution >= 0.6 is 0 Å². The van der Waals surface area contributed by atoms with E-state index < -0.39 is 0 Å². The average molecular weight is 220 g/mol. The largest absolute Gasteiger partial charge is 0.303 e. The van der Waals surface area contributed by atoms with Gasteiger partial charge in [-0.1, -0.05) is 12.3 Å². The van der Waals surface area contributed by atoms with Crippen LogP contribution in [0.25, 0.3) is 0 Å². The van der Waals surface area contributed by atoms with Crippen molar-refractivity contribution < 1.29 is 0 Å². The molecule has 2 heteroatoms. The molecule has 2 atom stereocenters. The Bertz CT molecular complexity index is 252. The van der Waals surface area contributed by atoms with E-state index in [1.54, 1.807) is 0 Å². The van der Waals surface area contributed by atoms with Crippen LogP contribution in [0.3, 0.4) is 0 Å². The molecule has 0 amide bonds. The maximum Gasteiger partial charge on any atom is 0.0576 e. The van der Waals surface area contributed by atoms with Crippen molar-refractivity contribution in [2.24, 2.45) is 11.8 Å². The first kappa shape index (κ1) is 12.0. The minimum absolute atomic E-state index is 0.680. The van der Waals surface area contributed by atoms with E-state index in [0.717, 1.165) is 18.4 Å². The summed E-state index contributed by atoms with van der Waals surface area (Å²) >= 11 is 0. The summed E-state index contributed by atoms with van der Waals surface area (Å²) < 4.78 is 0. The topological polar surface area (TPSA) is 15.3 Å². The molecule has 1 heterocycles. The fraction of sp³-hybridized carbons (Fsp3) is 0.857. The Morgan fingerprint density at radius 2 is 1.94 bits per heavy atom. The molecule has 1 saturated carbocycles. The first-order valence-electron chi connectivity index (χ1n) is 6.63. The van der Waals surface area contributed by atoms with Crippen molar-refractivity contribution in [1.29, 1.82) is 0 Å². The SMILES string of the molecule is C#CCNC1C2CCCC1CN(C(C)C)C2. The Balaban J connectivity index is 1.99. The van der Waals surface area contributed by atoms with E-state index in [0.29, 0.717) is 12.1 Å². The summed E-state index contributed by atoms with van der Waals surface area (Å²) in [5.41, 5.74) is 0. The summed E-state index contributed by atoms with van der Waals surface area (Å²) in [6.45, 7) is 7.88. The van der Waals surface area contributed by atoms with Crippen LogP contribution in [0.4, 0.5) is 0 Å². The van der Waals surface area contributed by atoms with Crippen molar-refractivity contribution in [2.45, 2.75) is 45.2 Å². The van der Waals surface area contributed by atoms with Crippen LogP contribution in [0, 0.1) is 24.2 Å². The maximum atomic E-state index is 5.35. The van der Waals surface area contributed by atoms with Crippen LogP contribution in [0.2, 0.25) is 0 Å². The summed E-state index contributed by atoms with van der Waals surface area (Å²) in [5, 5.41) is 3.57. The molecule has 16 heavy (non-hydrogen) atoms. The van der Waals surface area contributed by atoms with Crippen molar-refractivity contribution in [1.82, 2.24) is 10.2 Å². The van der Waals surface area contributed by atoms with Gasteiger partial charge in [-0.2, -0.15) is 0 Å². The van der Waals surface area contributed by atoms with Gasteiger partial charge in [-0.3, -0.25) is 0 Å². The lowest BCUT2D eigenvalue weighted by molar-refractivity contribution is 0.0313. The molecule has 0 radical (unpaired) electrons. The van der Waals surface area contributed by atoms with Gasteiger partial charge in [-0.25, -0.2) is 0 Å². The lowest BCUT2D eigenvalue weighted by atomic mass is 9.73. The van der Waals surface area contributed by atoms with E-state index in [9.17, 15) is 0 Å². The fourth-order valence-electron chi connectivity index (χ4n) is 3.40. The van der Waals surface area contributed by atoms with E-state index in [2.05, 4.69) is 30.0 Å². The van der Waals surface area contributed by atoms with Gasteiger partial charge >= 0.3 is 0 Å². The molecule has 1 aliphatic heterocycles. The second-order valence-electron chi connectivity index (χ2n) is 5.61. The predicted octanol–water partition coefficient (Wildman–Crippen LogP) is 1.72. The molecule has 0 aromatic carbocycles. The highest BCUT2D eigenvalue weighted by atomic mass is 15.2. The highest BCUT2D eigenvalue weighted by Gasteiger charge is 2.39. The van der Waals surface area contributed by atoms with Crippen molar-refractivity contribution >= 4 is 0 Å². The van der Waals surface area contributed by atoms with Crippen molar-refractivity contribution in [2.75, 3.05) is 19.6 Å². The molecule has 90 valence electrons. The molecule has 0 aromatic rings. The zero-order valence-electron chi connectivity index (χ0n) is 10.6. The fourth-order valence-corrected chi connectivity index (χ4v) is 3.40. The summed E-state index contributed by atoms with van der Waals surface area (Å²) in [7, 11) is 0.